The van der Waals surface area contributed by atoms with Crippen LogP contribution in [0.3, 0.4) is 0 Å². The standard InChI is InChI=1S/C8H14N4O2S/c1-11-5-8(10-6-11)15(13,14)12-3-7(2-9)4-12/h5-7H,2-4,9H2,1H3. The van der Waals surface area contributed by atoms with Gasteiger partial charge in [0.25, 0.3) is 10.0 Å². The van der Waals surface area contributed by atoms with Crippen LogP contribution >= 0.6 is 0 Å². The predicted molar refractivity (Wildman–Crippen MR) is 54.5 cm³/mol. The van der Waals surface area contributed by atoms with Gasteiger partial charge < -0.3 is 10.3 Å². The Kier molecular flexibility index (Phi) is 2.53. The smallest absolute Gasteiger partial charge is 0.262 e. The van der Waals surface area contributed by atoms with Crippen molar-refractivity contribution in [2.75, 3.05) is 19.6 Å². The van der Waals surface area contributed by atoms with E-state index in [2.05, 4.69) is 4.98 Å². The number of sulfonamides is 1. The molecule has 15 heavy (non-hydrogen) atoms. The lowest BCUT2D eigenvalue weighted by Crippen LogP contribution is -2.52. The quantitative estimate of drug-likeness (QED) is 0.722. The van der Waals surface area contributed by atoms with Gasteiger partial charge in [0.2, 0.25) is 0 Å². The first kappa shape index (κ1) is 10.6. The molecule has 1 fully saturated rings. The van der Waals surface area contributed by atoms with E-state index in [0.29, 0.717) is 25.6 Å². The molecule has 0 radical (unpaired) electrons. The molecule has 2 heterocycles. The van der Waals surface area contributed by atoms with E-state index in [1.807, 2.05) is 0 Å². The Bertz CT molecular complexity index is 447. The molecule has 0 unspecified atom stereocenters. The molecule has 0 spiro atoms. The van der Waals surface area contributed by atoms with Crippen LogP contribution in [0.1, 0.15) is 0 Å². The number of aryl methyl sites for hydroxylation is 1. The molecule has 7 heteroatoms. The molecule has 1 saturated heterocycles. The van der Waals surface area contributed by atoms with Crippen molar-refractivity contribution < 1.29 is 8.42 Å². The monoisotopic (exact) mass is 230 g/mol. The van der Waals surface area contributed by atoms with Crippen molar-refractivity contribution in [2.45, 2.75) is 5.03 Å². The Morgan fingerprint density at radius 2 is 2.27 bits per heavy atom. The summed E-state index contributed by atoms with van der Waals surface area (Å²) in [7, 11) is -1.64. The minimum absolute atomic E-state index is 0.112. The molecule has 1 aromatic heterocycles. The second kappa shape index (κ2) is 3.58. The van der Waals surface area contributed by atoms with Crippen LogP contribution < -0.4 is 5.73 Å². The molecule has 2 N–H and O–H groups in total. The van der Waals surface area contributed by atoms with E-state index in [4.69, 9.17) is 5.73 Å². The van der Waals surface area contributed by atoms with Crippen LogP contribution in [-0.4, -0.2) is 41.9 Å². The summed E-state index contributed by atoms with van der Waals surface area (Å²) in [6, 6.07) is 0. The molecule has 1 aliphatic heterocycles. The summed E-state index contributed by atoms with van der Waals surface area (Å²) in [6.07, 6.45) is 2.98. The minimum Gasteiger partial charge on any atom is -0.339 e. The number of rotatable bonds is 3. The number of aromatic nitrogens is 2. The van der Waals surface area contributed by atoms with E-state index in [-0.39, 0.29) is 5.03 Å². The molecule has 0 saturated carbocycles. The Hall–Kier alpha value is -0.920. The van der Waals surface area contributed by atoms with Crippen molar-refractivity contribution in [1.29, 1.82) is 0 Å². The van der Waals surface area contributed by atoms with Gasteiger partial charge in [0, 0.05) is 26.3 Å². The zero-order chi connectivity index (χ0) is 11.1. The lowest BCUT2D eigenvalue weighted by Gasteiger charge is -2.36. The molecule has 0 aliphatic carbocycles. The number of nitrogens with zero attached hydrogens (tertiary/aromatic N) is 3. The molecule has 2 rings (SSSR count). The average Bonchev–Trinajstić information content (AvgIpc) is 2.50. The summed E-state index contributed by atoms with van der Waals surface area (Å²) in [5.74, 6) is 0.295. The van der Waals surface area contributed by atoms with Gasteiger partial charge in [-0.1, -0.05) is 0 Å². The number of imidazole rings is 1. The van der Waals surface area contributed by atoms with Crippen molar-refractivity contribution in [3.8, 4) is 0 Å². The highest BCUT2D eigenvalue weighted by Crippen LogP contribution is 2.22. The normalized spacial score (nSPS) is 19.1. The molecule has 1 aliphatic rings. The van der Waals surface area contributed by atoms with Gasteiger partial charge in [-0.15, -0.1) is 0 Å². The molecule has 84 valence electrons. The minimum atomic E-state index is -3.38. The Labute approximate surface area is 88.7 Å². The highest BCUT2D eigenvalue weighted by atomic mass is 32.2. The van der Waals surface area contributed by atoms with E-state index in [1.54, 1.807) is 11.6 Å². The zero-order valence-electron chi connectivity index (χ0n) is 8.50. The fraction of sp³-hybridized carbons (Fsp3) is 0.625. The number of nitrogens with two attached hydrogens (primary N) is 1. The van der Waals surface area contributed by atoms with Crippen LogP contribution in [0.25, 0.3) is 0 Å². The molecular formula is C8H14N4O2S. The van der Waals surface area contributed by atoms with E-state index in [0.717, 1.165) is 0 Å². The molecular weight excluding hydrogens is 216 g/mol. The van der Waals surface area contributed by atoms with Crippen molar-refractivity contribution in [3.63, 3.8) is 0 Å². The van der Waals surface area contributed by atoms with E-state index >= 15 is 0 Å². The van der Waals surface area contributed by atoms with Gasteiger partial charge >= 0.3 is 0 Å². The maximum atomic E-state index is 11.9. The fourth-order valence-corrected chi connectivity index (χ4v) is 3.08. The van der Waals surface area contributed by atoms with Gasteiger partial charge in [-0.2, -0.15) is 4.31 Å². The molecule has 0 aromatic carbocycles. The van der Waals surface area contributed by atoms with Crippen LogP contribution in [0, 0.1) is 5.92 Å². The van der Waals surface area contributed by atoms with Crippen LogP contribution in [0.4, 0.5) is 0 Å². The maximum absolute atomic E-state index is 11.9. The molecule has 0 bridgehead atoms. The molecule has 0 atom stereocenters. The molecule has 1 aromatic rings. The third kappa shape index (κ3) is 1.77. The topological polar surface area (TPSA) is 81.2 Å². The second-order valence-corrected chi connectivity index (χ2v) is 5.69. The summed E-state index contributed by atoms with van der Waals surface area (Å²) >= 11 is 0. The van der Waals surface area contributed by atoms with Crippen molar-refractivity contribution >= 4 is 10.0 Å². The first-order valence-corrected chi connectivity index (χ1v) is 6.16. The zero-order valence-corrected chi connectivity index (χ0v) is 9.31. The Morgan fingerprint density at radius 1 is 1.60 bits per heavy atom. The van der Waals surface area contributed by atoms with E-state index in [1.165, 1.54) is 16.8 Å². The van der Waals surface area contributed by atoms with Gasteiger partial charge in [0.05, 0.1) is 6.33 Å². The second-order valence-electron chi connectivity index (χ2n) is 3.80. The van der Waals surface area contributed by atoms with Crippen molar-refractivity contribution in [1.82, 2.24) is 13.9 Å². The average molecular weight is 230 g/mol. The van der Waals surface area contributed by atoms with Crippen LogP contribution in [0.5, 0.6) is 0 Å². The SMILES string of the molecule is Cn1cnc(S(=O)(=O)N2CC(CN)C2)c1. The summed E-state index contributed by atoms with van der Waals surface area (Å²) in [6.45, 7) is 1.55. The third-order valence-corrected chi connectivity index (χ3v) is 4.26. The Balaban J connectivity index is 2.15. The van der Waals surface area contributed by atoms with Crippen molar-refractivity contribution in [3.05, 3.63) is 12.5 Å². The fourth-order valence-electron chi connectivity index (χ4n) is 1.52. The number of hydrogen-bond acceptors (Lipinski definition) is 4. The first-order valence-electron chi connectivity index (χ1n) is 4.72. The summed E-state index contributed by atoms with van der Waals surface area (Å²) in [5, 5.41) is 0.112. The predicted octanol–water partition coefficient (Wildman–Crippen LogP) is -1.00. The molecule has 6 nitrogen and oxygen atoms in total. The summed E-state index contributed by atoms with van der Waals surface area (Å²) in [5.41, 5.74) is 5.44. The van der Waals surface area contributed by atoms with Crippen molar-refractivity contribution in [2.24, 2.45) is 18.7 Å². The van der Waals surface area contributed by atoms with Gasteiger partial charge in [-0.3, -0.25) is 0 Å². The lowest BCUT2D eigenvalue weighted by atomic mass is 10.0. The third-order valence-electron chi connectivity index (χ3n) is 2.54. The highest BCUT2D eigenvalue weighted by molar-refractivity contribution is 7.89. The summed E-state index contributed by atoms with van der Waals surface area (Å²) < 4.78 is 26.8. The van der Waals surface area contributed by atoms with Crippen LogP contribution in [0.2, 0.25) is 0 Å². The van der Waals surface area contributed by atoms with Gasteiger partial charge in [0.15, 0.2) is 5.03 Å². The number of hydrogen-bond donors (Lipinski definition) is 1. The lowest BCUT2D eigenvalue weighted by molar-refractivity contribution is 0.207. The van der Waals surface area contributed by atoms with E-state index in [9.17, 15) is 8.42 Å². The van der Waals surface area contributed by atoms with Gasteiger partial charge in [-0.05, 0) is 12.5 Å². The molecule has 0 amide bonds. The summed E-state index contributed by atoms with van der Waals surface area (Å²) in [4.78, 5) is 3.84. The van der Waals surface area contributed by atoms with Crippen LogP contribution in [-0.2, 0) is 17.1 Å². The first-order chi connectivity index (χ1) is 7.04. The Morgan fingerprint density at radius 3 is 2.73 bits per heavy atom. The van der Waals surface area contributed by atoms with E-state index < -0.39 is 10.0 Å². The van der Waals surface area contributed by atoms with Crippen LogP contribution in [0.15, 0.2) is 17.6 Å². The highest BCUT2D eigenvalue weighted by Gasteiger charge is 2.36. The van der Waals surface area contributed by atoms with Gasteiger partial charge in [0.1, 0.15) is 0 Å². The maximum Gasteiger partial charge on any atom is 0.262 e. The largest absolute Gasteiger partial charge is 0.339 e. The van der Waals surface area contributed by atoms with Gasteiger partial charge in [-0.25, -0.2) is 13.4 Å².